The van der Waals surface area contributed by atoms with Gasteiger partial charge in [0.1, 0.15) is 19.8 Å². The van der Waals surface area contributed by atoms with Crippen LogP contribution in [0.2, 0.25) is 19.1 Å². The first-order valence-corrected chi connectivity index (χ1v) is 12.3. The minimum absolute atomic E-state index is 0.469. The van der Waals surface area contributed by atoms with Crippen LogP contribution in [0.4, 0.5) is 0 Å². The summed E-state index contributed by atoms with van der Waals surface area (Å²) in [5.74, 6) is 0. The van der Waals surface area contributed by atoms with Crippen LogP contribution in [0, 0.1) is 0 Å². The molecule has 0 aromatic rings. The molecule has 6 heteroatoms. The maximum atomic E-state index is 6.07. The van der Waals surface area contributed by atoms with Gasteiger partial charge in [0.2, 0.25) is 0 Å². The summed E-state index contributed by atoms with van der Waals surface area (Å²) in [5.41, 5.74) is 0. The summed E-state index contributed by atoms with van der Waals surface area (Å²) in [4.78, 5) is 12.0. The molecule has 0 aliphatic carbocycles. The molecule has 1 aliphatic heterocycles. The molecule has 1 rings (SSSR count). The van der Waals surface area contributed by atoms with E-state index in [1.807, 2.05) is 13.8 Å². The van der Waals surface area contributed by atoms with Crippen molar-refractivity contribution < 1.29 is 18.6 Å². The predicted molar refractivity (Wildman–Crippen MR) is 72.7 cm³/mol. The maximum absolute atomic E-state index is 6.07. The smallest absolute Gasteiger partial charge is 0.413 e. The minimum Gasteiger partial charge on any atom is -0.413 e. The van der Waals surface area contributed by atoms with Gasteiger partial charge in [0.25, 0.3) is 7.83 Å². The summed E-state index contributed by atoms with van der Waals surface area (Å²) in [6.45, 7) is 14.1. The molecule has 1 fully saturated rings. The van der Waals surface area contributed by atoms with Gasteiger partial charge in [0, 0.05) is 19.1 Å². The Morgan fingerprint density at radius 3 is 2.12 bits per heavy atom. The zero-order chi connectivity index (χ0) is 12.9. The lowest BCUT2D eigenvalue weighted by molar-refractivity contribution is -1.17. The second-order valence-electron chi connectivity index (χ2n) is 4.73. The highest BCUT2D eigenvalue weighted by Gasteiger charge is 2.61. The van der Waals surface area contributed by atoms with E-state index in [2.05, 4.69) is 20.0 Å². The summed E-state index contributed by atoms with van der Waals surface area (Å²) in [7, 11) is -2.42. The SMILES string of the molecule is CCO[N+]1(OCC)CCC[Si]1[Si](C)(C)OCC. The molecule has 4 nitrogen and oxygen atoms in total. The van der Waals surface area contributed by atoms with E-state index in [4.69, 9.17) is 14.1 Å². The van der Waals surface area contributed by atoms with Crippen molar-refractivity contribution in [2.24, 2.45) is 0 Å². The van der Waals surface area contributed by atoms with E-state index in [1.165, 1.54) is 12.5 Å². The average molecular weight is 278 g/mol. The van der Waals surface area contributed by atoms with Crippen LogP contribution in [0.25, 0.3) is 0 Å². The largest absolute Gasteiger partial charge is 0.413 e. The Bertz CT molecular complexity index is 233. The molecule has 1 radical (unpaired) electrons. The molecule has 0 atom stereocenters. The minimum atomic E-state index is -1.66. The van der Waals surface area contributed by atoms with Crippen molar-refractivity contribution >= 4 is 16.3 Å². The van der Waals surface area contributed by atoms with Gasteiger partial charge in [0.05, 0.1) is 0 Å². The van der Waals surface area contributed by atoms with Crippen LogP contribution in [0.1, 0.15) is 27.2 Å². The normalized spacial score (nSPS) is 21.0. The van der Waals surface area contributed by atoms with E-state index < -0.39 is 16.3 Å². The highest BCUT2D eigenvalue weighted by molar-refractivity contribution is 7.26. The molecule has 1 saturated heterocycles. The van der Waals surface area contributed by atoms with Crippen LogP contribution in [0.5, 0.6) is 0 Å². The molecular formula is C11H27NO3Si2+. The molecule has 1 heterocycles. The van der Waals surface area contributed by atoms with Gasteiger partial charge in [-0.3, -0.25) is 0 Å². The van der Waals surface area contributed by atoms with Crippen LogP contribution >= 0.6 is 0 Å². The van der Waals surface area contributed by atoms with Crippen molar-refractivity contribution in [3.63, 3.8) is 0 Å². The zero-order valence-corrected chi connectivity index (χ0v) is 13.9. The fourth-order valence-corrected chi connectivity index (χ4v) is 13.3. The third-order valence-electron chi connectivity index (χ3n) is 3.15. The zero-order valence-electron chi connectivity index (χ0n) is 11.9. The topological polar surface area (TPSA) is 27.7 Å². The number of rotatable bonds is 7. The van der Waals surface area contributed by atoms with Crippen molar-refractivity contribution in [2.45, 2.75) is 46.3 Å². The Kier molecular flexibility index (Phi) is 5.81. The van der Waals surface area contributed by atoms with Crippen molar-refractivity contribution in [3.8, 4) is 0 Å². The third-order valence-corrected chi connectivity index (χ3v) is 14.1. The second-order valence-corrected chi connectivity index (χ2v) is 15.5. The van der Waals surface area contributed by atoms with Crippen molar-refractivity contribution in [1.82, 2.24) is 0 Å². The van der Waals surface area contributed by atoms with Crippen molar-refractivity contribution in [2.75, 3.05) is 26.4 Å². The highest BCUT2D eigenvalue weighted by Crippen LogP contribution is 2.32. The van der Waals surface area contributed by atoms with Gasteiger partial charge in [-0.1, -0.05) is 4.48 Å². The van der Waals surface area contributed by atoms with Crippen LogP contribution < -0.4 is 0 Å². The van der Waals surface area contributed by atoms with E-state index in [0.29, 0.717) is 17.7 Å². The number of hydrogen-bond donors (Lipinski definition) is 0. The molecular weight excluding hydrogens is 250 g/mol. The van der Waals surface area contributed by atoms with Gasteiger partial charge in [-0.2, -0.15) is 9.68 Å². The lowest BCUT2D eigenvalue weighted by Crippen LogP contribution is -2.66. The van der Waals surface area contributed by atoms with Crippen LogP contribution in [0.3, 0.4) is 0 Å². The lowest BCUT2D eigenvalue weighted by atomic mass is 10.5. The number of quaternary nitrogens is 1. The molecule has 0 saturated carbocycles. The summed E-state index contributed by atoms with van der Waals surface area (Å²) < 4.78 is 6.54. The van der Waals surface area contributed by atoms with E-state index in [9.17, 15) is 0 Å². The van der Waals surface area contributed by atoms with Crippen molar-refractivity contribution in [1.29, 1.82) is 0 Å². The first-order chi connectivity index (χ1) is 8.02. The summed E-state index contributed by atoms with van der Waals surface area (Å²) in [6, 6.07) is 1.25. The molecule has 101 valence electrons. The van der Waals surface area contributed by atoms with E-state index in [0.717, 1.165) is 13.2 Å². The summed E-state index contributed by atoms with van der Waals surface area (Å²) in [5, 5.41) is 0. The average Bonchev–Trinajstić information content (AvgIpc) is 2.63. The molecule has 0 aromatic heterocycles. The number of hydrogen-bond acceptors (Lipinski definition) is 3. The van der Waals surface area contributed by atoms with E-state index in [1.54, 1.807) is 0 Å². The molecule has 0 spiro atoms. The first kappa shape index (κ1) is 15.3. The summed E-state index contributed by atoms with van der Waals surface area (Å²) in [6.07, 6.45) is 1.21. The predicted octanol–water partition coefficient (Wildman–Crippen LogP) is 2.42. The fourth-order valence-electron chi connectivity index (χ4n) is 2.65. The fraction of sp³-hybridized carbons (Fsp3) is 1.00. The summed E-state index contributed by atoms with van der Waals surface area (Å²) >= 11 is 0. The Morgan fingerprint density at radius 2 is 1.65 bits per heavy atom. The molecule has 0 N–H and O–H groups in total. The molecule has 1 aliphatic rings. The van der Waals surface area contributed by atoms with Crippen LogP contribution in [-0.2, 0) is 14.1 Å². The van der Waals surface area contributed by atoms with Crippen LogP contribution in [0.15, 0.2) is 0 Å². The quantitative estimate of drug-likeness (QED) is 0.669. The van der Waals surface area contributed by atoms with Gasteiger partial charge in [-0.15, -0.1) is 0 Å². The number of nitrogens with zero attached hydrogens (tertiary/aromatic N) is 1. The second kappa shape index (κ2) is 6.44. The van der Waals surface area contributed by atoms with E-state index >= 15 is 0 Å². The monoisotopic (exact) mass is 277 g/mol. The standard InChI is InChI=1S/C11H27NO3Si2/c1-6-13-12(14-7-2)10-9-11-16(12)17(4,5)15-8-3/h6-11H2,1-5H3/q+1. The first-order valence-electron chi connectivity index (χ1n) is 6.70. The van der Waals surface area contributed by atoms with Crippen molar-refractivity contribution in [3.05, 3.63) is 0 Å². The Labute approximate surface area is 108 Å². The molecule has 0 bridgehead atoms. The third kappa shape index (κ3) is 3.39. The molecule has 0 aromatic carbocycles. The Morgan fingerprint density at radius 1 is 1.06 bits per heavy atom. The van der Waals surface area contributed by atoms with Gasteiger partial charge in [-0.05, 0) is 33.9 Å². The van der Waals surface area contributed by atoms with Gasteiger partial charge in [0.15, 0.2) is 0 Å². The number of hydroxylamine groups is 2. The van der Waals surface area contributed by atoms with Gasteiger partial charge in [-0.25, -0.2) is 0 Å². The van der Waals surface area contributed by atoms with E-state index in [-0.39, 0.29) is 0 Å². The Balaban J connectivity index is 2.87. The van der Waals surface area contributed by atoms with Gasteiger partial charge >= 0.3 is 8.48 Å². The molecule has 0 amide bonds. The molecule has 0 unspecified atom stereocenters. The maximum Gasteiger partial charge on any atom is 0.413 e. The van der Waals surface area contributed by atoms with Gasteiger partial charge < -0.3 is 4.43 Å². The van der Waals surface area contributed by atoms with Crippen LogP contribution in [-0.4, -0.2) is 47.2 Å². The lowest BCUT2D eigenvalue weighted by Gasteiger charge is -2.37. The highest BCUT2D eigenvalue weighted by atomic mass is 29.2. The molecule has 17 heavy (non-hydrogen) atoms. The Hall–Kier alpha value is 0.274.